The number of likely N-dealkylation sites (tertiary alicyclic amines) is 1. The van der Waals surface area contributed by atoms with Gasteiger partial charge in [0.2, 0.25) is 0 Å². The molecule has 3 N–H and O–H groups in total. The molecule has 3 amide bonds. The molecule has 1 saturated heterocycles. The molecule has 8 heteroatoms. The highest BCUT2D eigenvalue weighted by Gasteiger charge is 2.55. The van der Waals surface area contributed by atoms with Crippen molar-refractivity contribution in [3.05, 3.63) is 18.0 Å². The maximum Gasteiger partial charge on any atom is 0.410 e. The number of nitrogens with one attached hydrogen (secondary N) is 3. The molecule has 2 fully saturated rings. The van der Waals surface area contributed by atoms with E-state index in [0.717, 1.165) is 37.9 Å². The van der Waals surface area contributed by atoms with Crippen LogP contribution in [0.15, 0.2) is 12.4 Å². The zero-order valence-electron chi connectivity index (χ0n) is 15.8. The highest BCUT2D eigenvalue weighted by molar-refractivity contribution is 5.73. The normalized spacial score (nSPS) is 21.3. The van der Waals surface area contributed by atoms with E-state index in [1.807, 2.05) is 20.8 Å². The molecule has 1 aromatic heterocycles. The van der Waals surface area contributed by atoms with Gasteiger partial charge in [-0.2, -0.15) is 5.10 Å². The molecule has 1 aromatic rings. The first-order valence-corrected chi connectivity index (χ1v) is 9.25. The predicted molar refractivity (Wildman–Crippen MR) is 96.4 cm³/mol. The molecule has 1 spiro atoms. The number of aromatic nitrogens is 2. The molecule has 1 atom stereocenters. The molecule has 2 heterocycles. The van der Waals surface area contributed by atoms with Crippen molar-refractivity contribution in [1.82, 2.24) is 25.7 Å². The van der Waals surface area contributed by atoms with Crippen molar-refractivity contribution in [3.8, 4) is 0 Å². The first-order valence-electron chi connectivity index (χ1n) is 9.25. The molecule has 8 nitrogen and oxygen atoms in total. The molecule has 0 radical (unpaired) electrons. The first-order chi connectivity index (χ1) is 12.3. The van der Waals surface area contributed by atoms with E-state index in [2.05, 4.69) is 20.8 Å². The Bertz CT molecular complexity index is 630. The summed E-state index contributed by atoms with van der Waals surface area (Å²) in [4.78, 5) is 25.8. The SMILES string of the molecule is CC(C)(C)OC(=O)N1CCC2(CC1)CC2CNC(=O)NCc1cn[nH]c1. The highest BCUT2D eigenvalue weighted by atomic mass is 16.6. The molecule has 2 aliphatic rings. The summed E-state index contributed by atoms with van der Waals surface area (Å²) >= 11 is 0. The Labute approximate surface area is 154 Å². The minimum atomic E-state index is -0.456. The third-order valence-electron chi connectivity index (χ3n) is 5.29. The maximum absolute atomic E-state index is 12.1. The van der Waals surface area contributed by atoms with Crippen LogP contribution in [0.3, 0.4) is 0 Å². The van der Waals surface area contributed by atoms with Gasteiger partial charge >= 0.3 is 12.1 Å². The van der Waals surface area contributed by atoms with E-state index in [1.165, 1.54) is 0 Å². The number of H-pyrrole nitrogens is 1. The minimum Gasteiger partial charge on any atom is -0.444 e. The summed E-state index contributed by atoms with van der Waals surface area (Å²) in [5.41, 5.74) is 0.774. The fourth-order valence-corrected chi connectivity index (χ4v) is 3.63. The van der Waals surface area contributed by atoms with Crippen LogP contribution in [0.1, 0.15) is 45.6 Å². The van der Waals surface area contributed by atoms with E-state index in [-0.39, 0.29) is 17.5 Å². The van der Waals surface area contributed by atoms with Crippen molar-refractivity contribution < 1.29 is 14.3 Å². The number of amides is 3. The Morgan fingerprint density at radius 1 is 1.35 bits per heavy atom. The van der Waals surface area contributed by atoms with E-state index < -0.39 is 5.60 Å². The summed E-state index contributed by atoms with van der Waals surface area (Å²) in [6.07, 6.45) is 6.31. The number of carbonyl (C=O) groups is 2. The van der Waals surface area contributed by atoms with Gasteiger partial charge in [0, 0.05) is 37.9 Å². The summed E-state index contributed by atoms with van der Waals surface area (Å²) < 4.78 is 5.44. The van der Waals surface area contributed by atoms with Crippen LogP contribution in [0.5, 0.6) is 0 Å². The van der Waals surface area contributed by atoms with E-state index in [4.69, 9.17) is 4.74 Å². The van der Waals surface area contributed by atoms with Crippen molar-refractivity contribution in [2.75, 3.05) is 19.6 Å². The van der Waals surface area contributed by atoms with Gasteiger partial charge in [0.1, 0.15) is 5.60 Å². The number of nitrogens with zero attached hydrogens (tertiary/aromatic N) is 2. The quantitative estimate of drug-likeness (QED) is 0.764. The molecule has 26 heavy (non-hydrogen) atoms. The lowest BCUT2D eigenvalue weighted by Gasteiger charge is -2.34. The van der Waals surface area contributed by atoms with Crippen molar-refractivity contribution in [2.24, 2.45) is 11.3 Å². The number of rotatable bonds is 4. The Morgan fingerprint density at radius 3 is 2.69 bits per heavy atom. The zero-order valence-corrected chi connectivity index (χ0v) is 15.8. The summed E-state index contributed by atoms with van der Waals surface area (Å²) in [5, 5.41) is 12.3. The van der Waals surface area contributed by atoms with Gasteiger partial charge in [-0.3, -0.25) is 5.10 Å². The third-order valence-corrected chi connectivity index (χ3v) is 5.29. The molecular weight excluding hydrogens is 334 g/mol. The molecule has 1 aliphatic carbocycles. The minimum absolute atomic E-state index is 0.153. The predicted octanol–water partition coefficient (Wildman–Crippen LogP) is 2.25. The van der Waals surface area contributed by atoms with Gasteiger partial charge in [0.05, 0.1) is 6.20 Å². The smallest absolute Gasteiger partial charge is 0.410 e. The van der Waals surface area contributed by atoms with Crippen LogP contribution in [0.25, 0.3) is 0 Å². The van der Waals surface area contributed by atoms with E-state index in [0.29, 0.717) is 19.0 Å². The van der Waals surface area contributed by atoms with Crippen molar-refractivity contribution in [1.29, 1.82) is 0 Å². The number of piperidine rings is 1. The molecular formula is C18H29N5O3. The van der Waals surface area contributed by atoms with E-state index in [9.17, 15) is 9.59 Å². The zero-order chi connectivity index (χ0) is 18.8. The Morgan fingerprint density at radius 2 is 2.08 bits per heavy atom. The molecule has 144 valence electrons. The largest absolute Gasteiger partial charge is 0.444 e. The van der Waals surface area contributed by atoms with E-state index >= 15 is 0 Å². The van der Waals surface area contributed by atoms with Gasteiger partial charge in [-0.15, -0.1) is 0 Å². The van der Waals surface area contributed by atoms with Gasteiger partial charge in [-0.05, 0) is 51.4 Å². The monoisotopic (exact) mass is 363 g/mol. The fourth-order valence-electron chi connectivity index (χ4n) is 3.63. The lowest BCUT2D eigenvalue weighted by Crippen LogP contribution is -2.43. The lowest BCUT2D eigenvalue weighted by atomic mass is 9.91. The van der Waals surface area contributed by atoms with Crippen LogP contribution in [-0.4, -0.2) is 52.5 Å². The highest BCUT2D eigenvalue weighted by Crippen LogP contribution is 2.59. The van der Waals surface area contributed by atoms with Crippen LogP contribution >= 0.6 is 0 Å². The summed E-state index contributed by atoms with van der Waals surface area (Å²) in [5.74, 6) is 0.503. The Kier molecular flexibility index (Phi) is 5.11. The maximum atomic E-state index is 12.1. The number of hydrogen-bond acceptors (Lipinski definition) is 4. The van der Waals surface area contributed by atoms with Crippen molar-refractivity contribution in [3.63, 3.8) is 0 Å². The lowest BCUT2D eigenvalue weighted by molar-refractivity contribution is 0.0166. The molecule has 1 unspecified atom stereocenters. The second-order valence-electron chi connectivity index (χ2n) is 8.40. The molecule has 0 bridgehead atoms. The van der Waals surface area contributed by atoms with Crippen LogP contribution in [-0.2, 0) is 11.3 Å². The number of urea groups is 1. The number of hydrogen-bond donors (Lipinski definition) is 3. The number of carbonyl (C=O) groups excluding carboxylic acids is 2. The summed E-state index contributed by atoms with van der Waals surface area (Å²) in [6, 6.07) is -0.153. The summed E-state index contributed by atoms with van der Waals surface area (Å²) in [6.45, 7) is 8.27. The van der Waals surface area contributed by atoms with Gasteiger partial charge in [0.25, 0.3) is 0 Å². The number of ether oxygens (including phenoxy) is 1. The topological polar surface area (TPSA) is 99.3 Å². The Balaban J connectivity index is 1.35. The van der Waals surface area contributed by atoms with Crippen LogP contribution in [0, 0.1) is 11.3 Å². The standard InChI is InChI=1S/C18H29N5O3/c1-17(2,3)26-16(25)23-6-4-18(5-7-23)8-14(18)12-20-15(24)19-9-13-10-21-22-11-13/h10-11,14H,4-9,12H2,1-3H3,(H,21,22)(H2,19,20,24). The summed E-state index contributed by atoms with van der Waals surface area (Å²) in [7, 11) is 0. The van der Waals surface area contributed by atoms with Gasteiger partial charge in [-0.1, -0.05) is 0 Å². The molecule has 1 saturated carbocycles. The van der Waals surface area contributed by atoms with Crippen LogP contribution < -0.4 is 10.6 Å². The third kappa shape index (κ3) is 4.68. The average Bonchev–Trinajstić information content (AvgIpc) is 2.99. The second-order valence-corrected chi connectivity index (χ2v) is 8.40. The van der Waals surface area contributed by atoms with Crippen LogP contribution in [0.2, 0.25) is 0 Å². The fraction of sp³-hybridized carbons (Fsp3) is 0.722. The van der Waals surface area contributed by atoms with Gasteiger partial charge in [-0.25, -0.2) is 9.59 Å². The van der Waals surface area contributed by atoms with Crippen LogP contribution in [0.4, 0.5) is 9.59 Å². The first kappa shape index (κ1) is 18.5. The number of aromatic amines is 1. The second kappa shape index (κ2) is 7.17. The van der Waals surface area contributed by atoms with Crippen molar-refractivity contribution >= 4 is 12.1 Å². The van der Waals surface area contributed by atoms with E-state index in [1.54, 1.807) is 17.3 Å². The van der Waals surface area contributed by atoms with Gasteiger partial charge in [0.15, 0.2) is 0 Å². The molecule has 0 aromatic carbocycles. The molecule has 1 aliphatic heterocycles. The Hall–Kier alpha value is -2.25. The van der Waals surface area contributed by atoms with Gasteiger partial charge < -0.3 is 20.3 Å². The van der Waals surface area contributed by atoms with Crippen molar-refractivity contribution in [2.45, 2.75) is 52.2 Å². The molecule has 3 rings (SSSR count). The average molecular weight is 363 g/mol.